The number of rotatable bonds is 4. The van der Waals surface area contributed by atoms with Gasteiger partial charge >= 0.3 is 5.97 Å². The normalized spacial score (nSPS) is 14.4. The van der Waals surface area contributed by atoms with Gasteiger partial charge in [0.2, 0.25) is 6.17 Å². The third kappa shape index (κ3) is 2.22. The van der Waals surface area contributed by atoms with E-state index in [1.165, 1.54) is 0 Å². The molecule has 0 saturated heterocycles. The molecule has 1 unspecified atom stereocenters. The largest absolute Gasteiger partial charge is 0.464 e. The number of hydrogen-bond donors (Lipinski definition) is 2. The number of carbonyl (C=O) groups is 1. The lowest BCUT2D eigenvalue weighted by atomic mass is 10.0. The fraction of sp³-hybridized carbons (Fsp3) is 0.308. The molecule has 5 heteroatoms. The van der Waals surface area contributed by atoms with Gasteiger partial charge in [0.05, 0.1) is 12.6 Å². The van der Waals surface area contributed by atoms with Crippen LogP contribution in [-0.4, -0.2) is 23.7 Å². The van der Waals surface area contributed by atoms with Crippen LogP contribution in [0, 0.1) is 0 Å². The van der Waals surface area contributed by atoms with Gasteiger partial charge in [0.25, 0.3) is 0 Å². The van der Waals surface area contributed by atoms with Gasteiger partial charge in [-0.05, 0) is 18.6 Å². The molecule has 2 aromatic rings. The molecule has 4 nitrogen and oxygen atoms in total. The van der Waals surface area contributed by atoms with Crippen molar-refractivity contribution in [3.63, 3.8) is 0 Å². The second kappa shape index (κ2) is 5.18. The second-order valence-corrected chi connectivity index (χ2v) is 3.97. The van der Waals surface area contributed by atoms with Gasteiger partial charge in [-0.15, -0.1) is 0 Å². The van der Waals surface area contributed by atoms with Crippen molar-refractivity contribution in [1.82, 2.24) is 4.98 Å². The van der Waals surface area contributed by atoms with Gasteiger partial charge in [-0.1, -0.05) is 18.2 Å². The maximum absolute atomic E-state index is 13.9. The van der Waals surface area contributed by atoms with E-state index in [0.717, 1.165) is 10.9 Å². The van der Waals surface area contributed by atoms with Crippen molar-refractivity contribution in [2.75, 3.05) is 6.61 Å². The molecule has 18 heavy (non-hydrogen) atoms. The summed E-state index contributed by atoms with van der Waals surface area (Å²) in [5, 5.41) is 0.817. The van der Waals surface area contributed by atoms with Crippen molar-refractivity contribution in [2.24, 2.45) is 5.73 Å². The average Bonchev–Trinajstić information content (AvgIpc) is 2.81. The first-order valence-electron chi connectivity index (χ1n) is 5.77. The first kappa shape index (κ1) is 12.6. The van der Waals surface area contributed by atoms with Crippen LogP contribution in [0.3, 0.4) is 0 Å². The summed E-state index contributed by atoms with van der Waals surface area (Å²) in [4.78, 5) is 14.3. The summed E-state index contributed by atoms with van der Waals surface area (Å²) in [5.74, 6) is -0.921. The fourth-order valence-corrected chi connectivity index (χ4v) is 1.90. The molecule has 96 valence electrons. The minimum absolute atomic E-state index is 0.139. The molecule has 1 aromatic carbocycles. The summed E-state index contributed by atoms with van der Waals surface area (Å²) in [6.07, 6.45) is -0.231. The molecule has 0 aliphatic carbocycles. The van der Waals surface area contributed by atoms with Crippen molar-refractivity contribution < 1.29 is 13.9 Å². The number of benzene rings is 1. The predicted octanol–water partition coefficient (Wildman–Crippen LogP) is 2.07. The molecular formula is C13H15FN2O2. The highest BCUT2D eigenvalue weighted by Crippen LogP contribution is 2.26. The van der Waals surface area contributed by atoms with E-state index in [1.807, 2.05) is 24.3 Å². The van der Waals surface area contributed by atoms with Crippen LogP contribution in [-0.2, 0) is 9.53 Å². The van der Waals surface area contributed by atoms with Gasteiger partial charge in [-0.2, -0.15) is 0 Å². The third-order valence-corrected chi connectivity index (χ3v) is 2.81. The lowest BCUT2D eigenvalue weighted by Crippen LogP contribution is -2.31. The van der Waals surface area contributed by atoms with Crippen LogP contribution in [0.4, 0.5) is 4.39 Å². The van der Waals surface area contributed by atoms with Crippen LogP contribution < -0.4 is 5.73 Å². The zero-order valence-electron chi connectivity index (χ0n) is 10.0. The van der Waals surface area contributed by atoms with Crippen LogP contribution in [0.5, 0.6) is 0 Å². The Morgan fingerprint density at radius 2 is 2.22 bits per heavy atom. The Labute approximate surface area is 104 Å². The summed E-state index contributed by atoms with van der Waals surface area (Å²) in [6, 6.07) is 6.37. The van der Waals surface area contributed by atoms with Crippen molar-refractivity contribution in [3.8, 4) is 0 Å². The Balaban J connectivity index is 2.28. The van der Waals surface area contributed by atoms with E-state index in [1.54, 1.807) is 13.1 Å². The van der Waals surface area contributed by atoms with Crippen LogP contribution >= 0.6 is 0 Å². The quantitative estimate of drug-likeness (QED) is 0.816. The number of hydrogen-bond acceptors (Lipinski definition) is 3. The van der Waals surface area contributed by atoms with E-state index < -0.39 is 18.2 Å². The number of esters is 1. The monoisotopic (exact) mass is 250 g/mol. The highest BCUT2D eigenvalue weighted by atomic mass is 19.1. The zero-order valence-corrected chi connectivity index (χ0v) is 10.0. The summed E-state index contributed by atoms with van der Waals surface area (Å²) >= 11 is 0. The summed E-state index contributed by atoms with van der Waals surface area (Å²) in [6.45, 7) is 1.77. The molecule has 0 fully saturated rings. The van der Waals surface area contributed by atoms with Crippen LogP contribution in [0.15, 0.2) is 30.5 Å². The number of nitrogens with two attached hydrogens (primary N) is 1. The first-order chi connectivity index (χ1) is 8.65. The molecule has 2 atom stereocenters. The highest BCUT2D eigenvalue weighted by molar-refractivity contribution is 5.85. The Morgan fingerprint density at radius 1 is 1.50 bits per heavy atom. The van der Waals surface area contributed by atoms with E-state index in [-0.39, 0.29) is 6.61 Å². The smallest absolute Gasteiger partial charge is 0.342 e. The van der Waals surface area contributed by atoms with E-state index in [0.29, 0.717) is 5.56 Å². The molecule has 1 aromatic heterocycles. The van der Waals surface area contributed by atoms with Crippen molar-refractivity contribution >= 4 is 16.9 Å². The molecule has 0 aliphatic rings. The number of para-hydroxylation sites is 1. The summed E-state index contributed by atoms with van der Waals surface area (Å²) in [5.41, 5.74) is 7.22. The number of halogens is 1. The molecule has 0 radical (unpaired) electrons. The molecule has 0 bridgehead atoms. The van der Waals surface area contributed by atoms with Gasteiger partial charge in [0.15, 0.2) is 0 Å². The summed E-state index contributed by atoms with van der Waals surface area (Å²) in [7, 11) is 0. The number of carbonyl (C=O) groups excluding carboxylic acids is 1. The lowest BCUT2D eigenvalue weighted by molar-refractivity contribution is -0.149. The third-order valence-electron chi connectivity index (χ3n) is 2.81. The topological polar surface area (TPSA) is 68.1 Å². The Kier molecular flexibility index (Phi) is 3.62. The van der Waals surface area contributed by atoms with Crippen LogP contribution in [0.2, 0.25) is 0 Å². The van der Waals surface area contributed by atoms with Crippen molar-refractivity contribution in [2.45, 2.75) is 19.1 Å². The summed E-state index contributed by atoms with van der Waals surface area (Å²) < 4.78 is 18.5. The number of ether oxygens (including phenoxy) is 1. The minimum Gasteiger partial charge on any atom is -0.464 e. The molecule has 0 aliphatic heterocycles. The predicted molar refractivity (Wildman–Crippen MR) is 66.8 cm³/mol. The van der Waals surface area contributed by atoms with Crippen LogP contribution in [0.1, 0.15) is 18.5 Å². The minimum atomic E-state index is -1.86. The maximum Gasteiger partial charge on any atom is 0.342 e. The van der Waals surface area contributed by atoms with Gasteiger partial charge in [0.1, 0.15) is 0 Å². The number of aromatic amines is 1. The average molecular weight is 250 g/mol. The molecule has 1 heterocycles. The van der Waals surface area contributed by atoms with Gasteiger partial charge < -0.3 is 15.5 Å². The standard InChI is InChI=1S/C13H15FN2O2/c1-2-18-13(17)11(14)12(15)9-7-16-10-6-4-3-5-8(9)10/h3-7,11-12,16H,2,15H2,1H3/t11?,12-/m1/s1. The Bertz CT molecular complexity index is 553. The SMILES string of the molecule is CCOC(=O)C(F)[C@H](N)c1c[nH]c2ccccc12. The number of aromatic nitrogens is 1. The zero-order chi connectivity index (χ0) is 13.1. The van der Waals surface area contributed by atoms with Crippen LogP contribution in [0.25, 0.3) is 10.9 Å². The lowest BCUT2D eigenvalue weighted by Gasteiger charge is -2.14. The second-order valence-electron chi connectivity index (χ2n) is 3.97. The van der Waals surface area contributed by atoms with Gasteiger partial charge in [-0.25, -0.2) is 9.18 Å². The number of alkyl halides is 1. The number of H-pyrrole nitrogens is 1. The van der Waals surface area contributed by atoms with Gasteiger partial charge in [0, 0.05) is 17.1 Å². The maximum atomic E-state index is 13.9. The van der Waals surface area contributed by atoms with E-state index in [4.69, 9.17) is 5.73 Å². The number of nitrogens with one attached hydrogen (secondary N) is 1. The Hall–Kier alpha value is -1.88. The highest BCUT2D eigenvalue weighted by Gasteiger charge is 2.29. The molecule has 0 spiro atoms. The van der Waals surface area contributed by atoms with E-state index in [2.05, 4.69) is 9.72 Å². The van der Waals surface area contributed by atoms with Crippen molar-refractivity contribution in [1.29, 1.82) is 0 Å². The number of fused-ring (bicyclic) bond motifs is 1. The Morgan fingerprint density at radius 3 is 2.94 bits per heavy atom. The fourth-order valence-electron chi connectivity index (χ4n) is 1.90. The van der Waals surface area contributed by atoms with Crippen molar-refractivity contribution in [3.05, 3.63) is 36.0 Å². The van der Waals surface area contributed by atoms with E-state index >= 15 is 0 Å². The molecular weight excluding hydrogens is 235 g/mol. The molecule has 0 saturated carbocycles. The van der Waals surface area contributed by atoms with Gasteiger partial charge in [-0.3, -0.25) is 0 Å². The molecule has 3 N–H and O–H groups in total. The molecule has 0 amide bonds. The van der Waals surface area contributed by atoms with E-state index in [9.17, 15) is 9.18 Å². The first-order valence-corrected chi connectivity index (χ1v) is 5.77. The molecule has 2 rings (SSSR count).